The lowest BCUT2D eigenvalue weighted by atomic mass is 10.0. The standard InChI is InChI=1S/C16H22N4O2/c1-3-10-15-16(18-13(4-2)17-10)20-8-9-5-6-12(22-9)11(20)7-14(21)19-15/h9,11-12H,3-8H2,1-2H3,(H,19,21). The van der Waals surface area contributed by atoms with Gasteiger partial charge in [0.1, 0.15) is 11.5 Å². The first-order valence-electron chi connectivity index (χ1n) is 8.31. The predicted molar refractivity (Wildman–Crippen MR) is 83.1 cm³/mol. The van der Waals surface area contributed by atoms with Gasteiger partial charge in [0.05, 0.1) is 23.9 Å². The van der Waals surface area contributed by atoms with Gasteiger partial charge in [0, 0.05) is 19.4 Å². The zero-order valence-electron chi connectivity index (χ0n) is 13.1. The van der Waals surface area contributed by atoms with E-state index in [1.807, 2.05) is 0 Å². The first-order chi connectivity index (χ1) is 10.7. The third kappa shape index (κ3) is 2.08. The number of aromatic nitrogens is 2. The average molecular weight is 302 g/mol. The number of carbonyl (C=O) groups excluding carboxylic acids is 1. The number of nitrogens with one attached hydrogen (secondary N) is 1. The molecule has 2 bridgehead atoms. The number of carbonyl (C=O) groups is 1. The summed E-state index contributed by atoms with van der Waals surface area (Å²) in [6.07, 6.45) is 4.61. The lowest BCUT2D eigenvalue weighted by Gasteiger charge is -2.40. The van der Waals surface area contributed by atoms with Crippen LogP contribution in [0.3, 0.4) is 0 Å². The van der Waals surface area contributed by atoms with Crippen molar-refractivity contribution in [1.82, 2.24) is 9.97 Å². The van der Waals surface area contributed by atoms with E-state index in [0.717, 1.165) is 55.3 Å². The molecule has 3 unspecified atom stereocenters. The highest BCUT2D eigenvalue weighted by molar-refractivity contribution is 5.96. The van der Waals surface area contributed by atoms with Crippen LogP contribution in [0.4, 0.5) is 11.5 Å². The molecule has 6 nitrogen and oxygen atoms in total. The molecule has 0 aliphatic carbocycles. The molecule has 0 spiro atoms. The number of ether oxygens (including phenoxy) is 1. The number of fused-ring (bicyclic) bond motifs is 6. The number of rotatable bonds is 2. The normalized spacial score (nSPS) is 29.6. The van der Waals surface area contributed by atoms with Crippen molar-refractivity contribution in [2.75, 3.05) is 16.8 Å². The zero-order valence-corrected chi connectivity index (χ0v) is 13.1. The first-order valence-corrected chi connectivity index (χ1v) is 8.31. The number of morpholine rings is 1. The molecule has 4 rings (SSSR count). The van der Waals surface area contributed by atoms with Crippen LogP contribution in [-0.4, -0.2) is 40.7 Å². The maximum Gasteiger partial charge on any atom is 0.226 e. The summed E-state index contributed by atoms with van der Waals surface area (Å²) < 4.78 is 6.03. The molecule has 2 fully saturated rings. The smallest absolute Gasteiger partial charge is 0.226 e. The van der Waals surface area contributed by atoms with Crippen LogP contribution in [0.25, 0.3) is 0 Å². The zero-order chi connectivity index (χ0) is 15.3. The monoisotopic (exact) mass is 302 g/mol. The van der Waals surface area contributed by atoms with E-state index < -0.39 is 0 Å². The van der Waals surface area contributed by atoms with Gasteiger partial charge in [-0.05, 0) is 19.3 Å². The molecule has 1 amide bonds. The highest BCUT2D eigenvalue weighted by Gasteiger charge is 2.45. The molecule has 22 heavy (non-hydrogen) atoms. The van der Waals surface area contributed by atoms with Gasteiger partial charge < -0.3 is 15.0 Å². The molecule has 1 N–H and O–H groups in total. The van der Waals surface area contributed by atoms with Crippen LogP contribution in [0.2, 0.25) is 0 Å². The first kappa shape index (κ1) is 13.9. The van der Waals surface area contributed by atoms with Crippen LogP contribution in [0.15, 0.2) is 0 Å². The highest BCUT2D eigenvalue weighted by atomic mass is 16.5. The molecule has 3 atom stereocenters. The molecule has 1 aromatic heterocycles. The summed E-state index contributed by atoms with van der Waals surface area (Å²) in [6, 6.07) is 0.101. The third-order valence-electron chi connectivity index (χ3n) is 4.96. The van der Waals surface area contributed by atoms with E-state index in [-0.39, 0.29) is 24.2 Å². The Labute approximate surface area is 130 Å². The number of hydrogen-bond donors (Lipinski definition) is 1. The lowest BCUT2D eigenvalue weighted by molar-refractivity contribution is -0.117. The summed E-state index contributed by atoms with van der Waals surface area (Å²) in [5.41, 5.74) is 1.75. The van der Waals surface area contributed by atoms with Gasteiger partial charge >= 0.3 is 0 Å². The molecule has 3 aliphatic rings. The molecule has 118 valence electrons. The van der Waals surface area contributed by atoms with E-state index in [1.165, 1.54) is 0 Å². The topological polar surface area (TPSA) is 67.3 Å². The quantitative estimate of drug-likeness (QED) is 0.900. The third-order valence-corrected chi connectivity index (χ3v) is 4.96. The SMILES string of the molecule is CCc1nc(CC)c2c(n1)N1CC3CCC(O3)C1CC(=O)N2. The Balaban J connectivity index is 1.85. The fraction of sp³-hybridized carbons (Fsp3) is 0.688. The predicted octanol–water partition coefficient (Wildman–Crippen LogP) is 1.68. The Bertz CT molecular complexity index is 618. The summed E-state index contributed by atoms with van der Waals surface area (Å²) in [5.74, 6) is 1.80. The fourth-order valence-electron chi connectivity index (χ4n) is 3.87. The number of aryl methyl sites for hydroxylation is 2. The van der Waals surface area contributed by atoms with Crippen LogP contribution in [-0.2, 0) is 22.4 Å². The van der Waals surface area contributed by atoms with Crippen LogP contribution in [0.1, 0.15) is 44.6 Å². The van der Waals surface area contributed by atoms with E-state index in [1.54, 1.807) is 0 Å². The second-order valence-electron chi connectivity index (χ2n) is 6.34. The van der Waals surface area contributed by atoms with E-state index in [4.69, 9.17) is 9.72 Å². The maximum absolute atomic E-state index is 12.3. The second kappa shape index (κ2) is 5.19. The van der Waals surface area contributed by atoms with Crippen LogP contribution in [0.5, 0.6) is 0 Å². The molecule has 3 aliphatic heterocycles. The van der Waals surface area contributed by atoms with Gasteiger partial charge in [0.2, 0.25) is 5.91 Å². The van der Waals surface area contributed by atoms with E-state index in [2.05, 4.69) is 29.0 Å². The Kier molecular flexibility index (Phi) is 3.29. The van der Waals surface area contributed by atoms with Gasteiger partial charge in [-0.3, -0.25) is 4.79 Å². The minimum atomic E-state index is 0.0465. The molecule has 4 heterocycles. The maximum atomic E-state index is 12.3. The molecule has 1 aromatic rings. The van der Waals surface area contributed by atoms with Crippen molar-refractivity contribution in [2.24, 2.45) is 0 Å². The van der Waals surface area contributed by atoms with Crippen molar-refractivity contribution < 1.29 is 9.53 Å². The Morgan fingerprint density at radius 1 is 1.27 bits per heavy atom. The van der Waals surface area contributed by atoms with Crippen molar-refractivity contribution in [3.8, 4) is 0 Å². The fourth-order valence-corrected chi connectivity index (χ4v) is 3.87. The summed E-state index contributed by atoms with van der Waals surface area (Å²) in [5, 5.41) is 3.05. The van der Waals surface area contributed by atoms with Gasteiger partial charge in [-0.1, -0.05) is 13.8 Å². The molecule has 6 heteroatoms. The minimum Gasteiger partial charge on any atom is -0.371 e. The van der Waals surface area contributed by atoms with Gasteiger partial charge in [-0.25, -0.2) is 9.97 Å². The minimum absolute atomic E-state index is 0.0465. The average Bonchev–Trinajstić information content (AvgIpc) is 2.86. The van der Waals surface area contributed by atoms with E-state index in [9.17, 15) is 4.79 Å². The van der Waals surface area contributed by atoms with Crippen molar-refractivity contribution >= 4 is 17.4 Å². The Morgan fingerprint density at radius 3 is 2.91 bits per heavy atom. The van der Waals surface area contributed by atoms with Crippen molar-refractivity contribution in [1.29, 1.82) is 0 Å². The summed E-state index contributed by atoms with van der Waals surface area (Å²) in [4.78, 5) is 24.0. The number of hydrogen-bond acceptors (Lipinski definition) is 5. The largest absolute Gasteiger partial charge is 0.371 e. The molecule has 0 radical (unpaired) electrons. The summed E-state index contributed by atoms with van der Waals surface area (Å²) >= 11 is 0. The summed E-state index contributed by atoms with van der Waals surface area (Å²) in [7, 11) is 0. The van der Waals surface area contributed by atoms with Crippen molar-refractivity contribution in [2.45, 2.75) is 64.2 Å². The van der Waals surface area contributed by atoms with Gasteiger partial charge in [0.15, 0.2) is 5.82 Å². The van der Waals surface area contributed by atoms with Crippen molar-refractivity contribution in [3.63, 3.8) is 0 Å². The van der Waals surface area contributed by atoms with Crippen LogP contribution >= 0.6 is 0 Å². The van der Waals surface area contributed by atoms with Gasteiger partial charge in [-0.15, -0.1) is 0 Å². The van der Waals surface area contributed by atoms with E-state index in [0.29, 0.717) is 6.42 Å². The Morgan fingerprint density at radius 2 is 2.14 bits per heavy atom. The van der Waals surface area contributed by atoms with E-state index >= 15 is 0 Å². The lowest BCUT2D eigenvalue weighted by Crippen LogP contribution is -2.51. The highest BCUT2D eigenvalue weighted by Crippen LogP contribution is 2.40. The number of anilines is 2. The number of amides is 1. The molecular formula is C16H22N4O2. The molecular weight excluding hydrogens is 280 g/mol. The summed E-state index contributed by atoms with van der Waals surface area (Å²) in [6.45, 7) is 4.96. The molecule has 0 aromatic carbocycles. The van der Waals surface area contributed by atoms with Gasteiger partial charge in [-0.2, -0.15) is 0 Å². The molecule has 2 saturated heterocycles. The second-order valence-corrected chi connectivity index (χ2v) is 6.34. The Hall–Kier alpha value is -1.69. The van der Waals surface area contributed by atoms with Crippen LogP contribution < -0.4 is 10.2 Å². The van der Waals surface area contributed by atoms with Gasteiger partial charge in [0.25, 0.3) is 0 Å². The van der Waals surface area contributed by atoms with Crippen molar-refractivity contribution in [3.05, 3.63) is 11.5 Å². The molecule has 0 saturated carbocycles. The van der Waals surface area contributed by atoms with Crippen LogP contribution in [0, 0.1) is 0 Å². The number of nitrogens with zero attached hydrogens (tertiary/aromatic N) is 3.